The molecule has 0 spiro atoms. The van der Waals surface area contributed by atoms with E-state index in [1.54, 1.807) is 10.8 Å². The van der Waals surface area contributed by atoms with Crippen LogP contribution in [0.3, 0.4) is 0 Å². The van der Waals surface area contributed by atoms with Gasteiger partial charge >= 0.3 is 0 Å². The first-order valence-electron chi connectivity index (χ1n) is 6.26. The summed E-state index contributed by atoms with van der Waals surface area (Å²) in [5.74, 6) is 0.366. The first-order chi connectivity index (χ1) is 8.83. The van der Waals surface area contributed by atoms with Crippen LogP contribution in [0.2, 0.25) is 0 Å². The number of rotatable bonds is 3. The molecule has 2 aromatic heterocycles. The van der Waals surface area contributed by atoms with Gasteiger partial charge in [-0.1, -0.05) is 30.6 Å². The van der Waals surface area contributed by atoms with E-state index >= 15 is 0 Å². The highest BCUT2D eigenvalue weighted by Gasteiger charge is 2.20. The summed E-state index contributed by atoms with van der Waals surface area (Å²) in [6.07, 6.45) is 7.23. The number of carbonyl (C=O) groups excluding carboxylic acids is 1. The second-order valence-corrected chi connectivity index (χ2v) is 5.65. The number of nitrogens with one attached hydrogen (secondary N) is 1. The van der Waals surface area contributed by atoms with Crippen molar-refractivity contribution in [3.8, 4) is 0 Å². The molecular weight excluding hydrogens is 250 g/mol. The Morgan fingerprint density at radius 1 is 1.44 bits per heavy atom. The predicted octanol–water partition coefficient (Wildman–Crippen LogP) is 1.38. The van der Waals surface area contributed by atoms with Crippen molar-refractivity contribution in [3.05, 3.63) is 11.3 Å². The minimum atomic E-state index is 0.167. The van der Waals surface area contributed by atoms with Crippen LogP contribution in [-0.2, 0) is 11.3 Å². The number of nitrogens with zero attached hydrogens (tertiary/aromatic N) is 4. The molecular formula is C11H15N5OS. The molecule has 1 fully saturated rings. The molecule has 0 aromatic carbocycles. The number of hydrogen-bond acceptors (Lipinski definition) is 5. The molecule has 0 bridgehead atoms. The number of aromatic nitrogens is 4. The Hall–Kier alpha value is -1.50. The second kappa shape index (κ2) is 5.01. The molecule has 0 radical (unpaired) electrons. The standard InChI is InChI=1S/C11H15N5OS/c17-10(8-4-2-1-3-5-8)12-6-9-15-16-7-13-14-11(16)18-9/h7-8H,1-6H2,(H,12,17). The molecule has 1 saturated carbocycles. The lowest BCUT2D eigenvalue weighted by Crippen LogP contribution is -2.31. The number of carbonyl (C=O) groups is 1. The summed E-state index contributed by atoms with van der Waals surface area (Å²) >= 11 is 1.46. The van der Waals surface area contributed by atoms with Gasteiger partial charge in [0.15, 0.2) is 0 Å². The Balaban J connectivity index is 1.57. The zero-order valence-corrected chi connectivity index (χ0v) is 10.8. The van der Waals surface area contributed by atoms with Crippen molar-refractivity contribution in [2.45, 2.75) is 38.6 Å². The van der Waals surface area contributed by atoms with Crippen LogP contribution in [0.5, 0.6) is 0 Å². The maximum atomic E-state index is 12.0. The van der Waals surface area contributed by atoms with Crippen LogP contribution >= 0.6 is 11.3 Å². The summed E-state index contributed by atoms with van der Waals surface area (Å²) in [5, 5.41) is 15.8. The van der Waals surface area contributed by atoms with Gasteiger partial charge in [-0.15, -0.1) is 10.2 Å². The third-order valence-electron chi connectivity index (χ3n) is 3.32. The Morgan fingerprint density at radius 2 is 2.28 bits per heavy atom. The first-order valence-corrected chi connectivity index (χ1v) is 7.08. The van der Waals surface area contributed by atoms with Crippen LogP contribution in [0.25, 0.3) is 4.96 Å². The van der Waals surface area contributed by atoms with Crippen molar-refractivity contribution in [2.75, 3.05) is 0 Å². The summed E-state index contributed by atoms with van der Waals surface area (Å²) in [6, 6.07) is 0. The van der Waals surface area contributed by atoms with Gasteiger partial charge in [-0.05, 0) is 12.8 Å². The van der Waals surface area contributed by atoms with Crippen LogP contribution in [0.15, 0.2) is 6.33 Å². The normalized spacial score (nSPS) is 17.1. The molecule has 7 heteroatoms. The minimum absolute atomic E-state index is 0.167. The maximum Gasteiger partial charge on any atom is 0.234 e. The van der Waals surface area contributed by atoms with Crippen molar-refractivity contribution in [3.63, 3.8) is 0 Å². The number of hydrogen-bond donors (Lipinski definition) is 1. The summed E-state index contributed by atoms with van der Waals surface area (Å²) in [7, 11) is 0. The van der Waals surface area contributed by atoms with Gasteiger partial charge in [0, 0.05) is 5.92 Å². The Kier molecular flexibility index (Phi) is 3.22. The van der Waals surface area contributed by atoms with Gasteiger partial charge in [-0.25, -0.2) is 0 Å². The highest BCUT2D eigenvalue weighted by atomic mass is 32.1. The Bertz CT molecular complexity index is 514. The van der Waals surface area contributed by atoms with E-state index in [-0.39, 0.29) is 11.8 Å². The third-order valence-corrected chi connectivity index (χ3v) is 4.23. The van der Waals surface area contributed by atoms with E-state index < -0.39 is 0 Å². The number of fused-ring (bicyclic) bond motifs is 1. The summed E-state index contributed by atoms with van der Waals surface area (Å²) in [6.45, 7) is 0.489. The van der Waals surface area contributed by atoms with Gasteiger partial charge in [0.1, 0.15) is 11.3 Å². The average Bonchev–Trinajstić information content (AvgIpc) is 2.97. The van der Waals surface area contributed by atoms with Crippen LogP contribution in [-0.4, -0.2) is 25.7 Å². The van der Waals surface area contributed by atoms with Gasteiger partial charge in [-0.3, -0.25) is 4.79 Å². The molecule has 0 unspecified atom stereocenters. The molecule has 1 aliphatic rings. The monoisotopic (exact) mass is 265 g/mol. The molecule has 1 aliphatic carbocycles. The van der Waals surface area contributed by atoms with Crippen LogP contribution in [0.1, 0.15) is 37.1 Å². The topological polar surface area (TPSA) is 72.2 Å². The van der Waals surface area contributed by atoms with E-state index in [0.29, 0.717) is 6.54 Å². The highest BCUT2D eigenvalue weighted by Crippen LogP contribution is 2.23. The van der Waals surface area contributed by atoms with Crippen LogP contribution < -0.4 is 5.32 Å². The molecule has 18 heavy (non-hydrogen) atoms. The van der Waals surface area contributed by atoms with Crippen molar-refractivity contribution >= 4 is 22.2 Å². The van der Waals surface area contributed by atoms with Gasteiger partial charge < -0.3 is 5.32 Å². The van der Waals surface area contributed by atoms with Crippen molar-refractivity contribution in [2.24, 2.45) is 5.92 Å². The fraction of sp³-hybridized carbons (Fsp3) is 0.636. The van der Waals surface area contributed by atoms with Gasteiger partial charge in [0.25, 0.3) is 0 Å². The average molecular weight is 265 g/mol. The van der Waals surface area contributed by atoms with Crippen LogP contribution in [0.4, 0.5) is 0 Å². The van der Waals surface area contributed by atoms with Gasteiger partial charge in [0.2, 0.25) is 10.9 Å². The molecule has 1 N–H and O–H groups in total. The van der Waals surface area contributed by atoms with E-state index in [0.717, 1.165) is 22.8 Å². The molecule has 0 atom stereocenters. The molecule has 96 valence electrons. The Labute approximate surface area is 108 Å². The molecule has 6 nitrogen and oxygen atoms in total. The molecule has 3 rings (SSSR count). The SMILES string of the molecule is O=C(NCc1nn2cnnc2s1)C1CCCCC1. The zero-order chi connectivity index (χ0) is 12.4. The fourth-order valence-corrected chi connectivity index (χ4v) is 3.10. The third kappa shape index (κ3) is 2.35. The van der Waals surface area contributed by atoms with E-state index in [1.165, 1.54) is 30.6 Å². The van der Waals surface area contributed by atoms with E-state index in [4.69, 9.17) is 0 Å². The Morgan fingerprint density at radius 3 is 3.06 bits per heavy atom. The first kappa shape index (κ1) is 11.6. The quantitative estimate of drug-likeness (QED) is 0.910. The second-order valence-electron chi connectivity index (χ2n) is 4.61. The van der Waals surface area contributed by atoms with E-state index in [1.807, 2.05) is 0 Å². The summed E-state index contributed by atoms with van der Waals surface area (Å²) in [5.41, 5.74) is 0. The fourth-order valence-electron chi connectivity index (χ4n) is 2.34. The lowest BCUT2D eigenvalue weighted by Gasteiger charge is -2.20. The summed E-state index contributed by atoms with van der Waals surface area (Å²) < 4.78 is 1.63. The lowest BCUT2D eigenvalue weighted by atomic mass is 9.89. The van der Waals surface area contributed by atoms with E-state index in [9.17, 15) is 4.79 Å². The van der Waals surface area contributed by atoms with Crippen molar-refractivity contribution in [1.29, 1.82) is 0 Å². The predicted molar refractivity (Wildman–Crippen MR) is 67.1 cm³/mol. The summed E-state index contributed by atoms with van der Waals surface area (Å²) in [4.78, 5) is 12.7. The molecule has 1 amide bonds. The molecule has 2 aromatic rings. The smallest absolute Gasteiger partial charge is 0.234 e. The highest BCUT2D eigenvalue weighted by molar-refractivity contribution is 7.16. The maximum absolute atomic E-state index is 12.0. The van der Waals surface area contributed by atoms with Crippen LogP contribution in [0, 0.1) is 5.92 Å². The van der Waals surface area contributed by atoms with Gasteiger partial charge in [-0.2, -0.15) is 9.61 Å². The van der Waals surface area contributed by atoms with E-state index in [2.05, 4.69) is 20.6 Å². The molecule has 2 heterocycles. The van der Waals surface area contributed by atoms with Crippen molar-refractivity contribution in [1.82, 2.24) is 25.1 Å². The minimum Gasteiger partial charge on any atom is -0.349 e. The van der Waals surface area contributed by atoms with Crippen molar-refractivity contribution < 1.29 is 4.79 Å². The zero-order valence-electron chi connectivity index (χ0n) is 10.0. The van der Waals surface area contributed by atoms with Gasteiger partial charge in [0.05, 0.1) is 6.54 Å². The largest absolute Gasteiger partial charge is 0.349 e. The lowest BCUT2D eigenvalue weighted by molar-refractivity contribution is -0.126. The number of amides is 1. The molecule has 0 saturated heterocycles. The molecule has 0 aliphatic heterocycles.